The number of aryl methyl sites for hydroxylation is 3. The number of fused-ring (bicyclic) bond motifs is 1. The van der Waals surface area contributed by atoms with E-state index in [-0.39, 0.29) is 5.91 Å². The van der Waals surface area contributed by atoms with Gasteiger partial charge in [-0.2, -0.15) is 5.26 Å². The first-order chi connectivity index (χ1) is 10.1. The molecule has 106 valence electrons. The third-order valence-corrected chi connectivity index (χ3v) is 4.95. The number of nitrogens with zero attached hydrogens (tertiary/aromatic N) is 1. The fourth-order valence-electron chi connectivity index (χ4n) is 2.89. The summed E-state index contributed by atoms with van der Waals surface area (Å²) in [6.45, 7) is 3.95. The Balaban J connectivity index is 1.90. The van der Waals surface area contributed by atoms with Gasteiger partial charge in [0.1, 0.15) is 11.1 Å². The highest BCUT2D eigenvalue weighted by Crippen LogP contribution is 2.38. The van der Waals surface area contributed by atoms with Crippen LogP contribution >= 0.6 is 11.3 Å². The Hall–Kier alpha value is -2.12. The molecule has 2 aromatic rings. The second-order valence-electron chi connectivity index (χ2n) is 5.50. The SMILES string of the molecule is Cc1cc(C)cc(C(=O)Nc2sc3c(c2C#N)CCC3)c1. The van der Waals surface area contributed by atoms with Gasteiger partial charge >= 0.3 is 0 Å². The molecule has 1 amide bonds. The van der Waals surface area contributed by atoms with E-state index in [2.05, 4.69) is 11.4 Å². The van der Waals surface area contributed by atoms with Crippen LogP contribution in [-0.4, -0.2) is 5.91 Å². The summed E-state index contributed by atoms with van der Waals surface area (Å²) >= 11 is 1.55. The highest BCUT2D eigenvalue weighted by molar-refractivity contribution is 7.16. The van der Waals surface area contributed by atoms with E-state index < -0.39 is 0 Å². The molecule has 3 nitrogen and oxygen atoms in total. The quantitative estimate of drug-likeness (QED) is 0.911. The van der Waals surface area contributed by atoms with E-state index >= 15 is 0 Å². The molecule has 1 heterocycles. The molecule has 1 aliphatic carbocycles. The monoisotopic (exact) mass is 296 g/mol. The standard InChI is InChI=1S/C17H16N2OS/c1-10-6-11(2)8-12(7-10)16(20)19-17-14(9-18)13-4-3-5-15(13)21-17/h6-8H,3-5H2,1-2H3,(H,19,20). The Bertz CT molecular complexity index is 748. The number of hydrogen-bond donors (Lipinski definition) is 1. The molecule has 21 heavy (non-hydrogen) atoms. The number of nitriles is 1. The maximum atomic E-state index is 12.4. The fourth-order valence-corrected chi connectivity index (χ4v) is 4.13. The molecule has 0 radical (unpaired) electrons. The van der Waals surface area contributed by atoms with Crippen molar-refractivity contribution in [3.8, 4) is 6.07 Å². The highest BCUT2D eigenvalue weighted by atomic mass is 32.1. The van der Waals surface area contributed by atoms with Crippen molar-refractivity contribution < 1.29 is 4.79 Å². The number of amides is 1. The van der Waals surface area contributed by atoms with Crippen molar-refractivity contribution in [3.05, 3.63) is 50.9 Å². The second-order valence-corrected chi connectivity index (χ2v) is 6.61. The molecule has 1 aliphatic rings. The first-order valence-electron chi connectivity index (χ1n) is 7.03. The van der Waals surface area contributed by atoms with E-state index in [4.69, 9.17) is 0 Å². The second kappa shape index (κ2) is 5.34. The summed E-state index contributed by atoms with van der Waals surface area (Å²) in [5.74, 6) is -0.141. The van der Waals surface area contributed by atoms with Crippen molar-refractivity contribution in [2.75, 3.05) is 5.32 Å². The summed E-state index contributed by atoms with van der Waals surface area (Å²) in [5, 5.41) is 13.0. The van der Waals surface area contributed by atoms with Gasteiger partial charge in [0.15, 0.2) is 0 Å². The number of hydrogen-bond acceptors (Lipinski definition) is 3. The molecular weight excluding hydrogens is 280 g/mol. The molecule has 0 saturated carbocycles. The Labute approximate surface area is 128 Å². The maximum absolute atomic E-state index is 12.4. The van der Waals surface area contributed by atoms with E-state index in [9.17, 15) is 10.1 Å². The van der Waals surface area contributed by atoms with Gasteiger partial charge in [-0.25, -0.2) is 0 Å². The summed E-state index contributed by atoms with van der Waals surface area (Å²) in [6.07, 6.45) is 3.09. The molecular formula is C17H16N2OS. The normalized spacial score (nSPS) is 12.8. The highest BCUT2D eigenvalue weighted by Gasteiger charge is 2.23. The van der Waals surface area contributed by atoms with Gasteiger partial charge in [-0.1, -0.05) is 17.2 Å². The van der Waals surface area contributed by atoms with Gasteiger partial charge in [0.05, 0.1) is 5.56 Å². The van der Waals surface area contributed by atoms with E-state index in [0.29, 0.717) is 16.1 Å². The Morgan fingerprint density at radius 2 is 1.95 bits per heavy atom. The van der Waals surface area contributed by atoms with Crippen LogP contribution in [0.2, 0.25) is 0 Å². The molecule has 0 spiro atoms. The van der Waals surface area contributed by atoms with Crippen molar-refractivity contribution in [2.45, 2.75) is 33.1 Å². The molecule has 0 unspecified atom stereocenters. The van der Waals surface area contributed by atoms with Gasteiger partial charge in [0.2, 0.25) is 0 Å². The molecule has 0 aliphatic heterocycles. The molecule has 0 atom stereocenters. The Kier molecular flexibility index (Phi) is 3.52. The van der Waals surface area contributed by atoms with Crippen LogP contribution in [0.5, 0.6) is 0 Å². The van der Waals surface area contributed by atoms with Crippen molar-refractivity contribution in [1.29, 1.82) is 5.26 Å². The molecule has 1 aromatic carbocycles. The molecule has 1 aromatic heterocycles. The summed E-state index contributed by atoms with van der Waals surface area (Å²) in [7, 11) is 0. The summed E-state index contributed by atoms with van der Waals surface area (Å²) in [4.78, 5) is 13.7. The Morgan fingerprint density at radius 1 is 1.24 bits per heavy atom. The van der Waals surface area contributed by atoms with Gasteiger partial charge < -0.3 is 5.32 Å². The van der Waals surface area contributed by atoms with E-state index in [1.807, 2.05) is 32.0 Å². The van der Waals surface area contributed by atoms with Crippen molar-refractivity contribution in [1.82, 2.24) is 0 Å². The zero-order chi connectivity index (χ0) is 15.0. The third-order valence-electron chi connectivity index (χ3n) is 3.74. The van der Waals surface area contributed by atoms with Crippen LogP contribution in [0.4, 0.5) is 5.00 Å². The molecule has 1 N–H and O–H groups in total. The summed E-state index contributed by atoms with van der Waals surface area (Å²) in [6, 6.07) is 8.03. The van der Waals surface area contributed by atoms with Crippen LogP contribution in [0.25, 0.3) is 0 Å². The van der Waals surface area contributed by atoms with Crippen LogP contribution in [-0.2, 0) is 12.8 Å². The van der Waals surface area contributed by atoms with Gasteiger partial charge in [0, 0.05) is 10.4 Å². The predicted octanol–water partition coefficient (Wildman–Crippen LogP) is 3.98. The first-order valence-corrected chi connectivity index (χ1v) is 7.84. The van der Waals surface area contributed by atoms with Crippen molar-refractivity contribution in [3.63, 3.8) is 0 Å². The van der Waals surface area contributed by atoms with Crippen LogP contribution in [0.3, 0.4) is 0 Å². The van der Waals surface area contributed by atoms with E-state index in [1.54, 1.807) is 11.3 Å². The molecule has 0 bridgehead atoms. The Morgan fingerprint density at radius 3 is 2.62 bits per heavy atom. The van der Waals surface area contributed by atoms with Gasteiger partial charge in [-0.05, 0) is 50.8 Å². The molecule has 4 heteroatoms. The predicted molar refractivity (Wildman–Crippen MR) is 84.9 cm³/mol. The lowest BCUT2D eigenvalue weighted by Gasteiger charge is -2.06. The lowest BCUT2D eigenvalue weighted by atomic mass is 10.1. The molecule has 3 rings (SSSR count). The third kappa shape index (κ3) is 2.57. The van der Waals surface area contributed by atoms with Crippen molar-refractivity contribution in [2.24, 2.45) is 0 Å². The van der Waals surface area contributed by atoms with Crippen LogP contribution < -0.4 is 5.32 Å². The minimum atomic E-state index is -0.141. The minimum Gasteiger partial charge on any atom is -0.312 e. The first kappa shape index (κ1) is 13.8. The van der Waals surface area contributed by atoms with Crippen LogP contribution in [0.1, 0.15) is 43.9 Å². The van der Waals surface area contributed by atoms with Gasteiger partial charge in [-0.3, -0.25) is 4.79 Å². The summed E-state index contributed by atoms with van der Waals surface area (Å²) < 4.78 is 0. The van der Waals surface area contributed by atoms with E-state index in [1.165, 1.54) is 4.88 Å². The van der Waals surface area contributed by atoms with Gasteiger partial charge in [0.25, 0.3) is 5.91 Å². The number of rotatable bonds is 2. The minimum absolute atomic E-state index is 0.141. The van der Waals surface area contributed by atoms with Crippen molar-refractivity contribution >= 4 is 22.2 Å². The lowest BCUT2D eigenvalue weighted by Crippen LogP contribution is -2.12. The number of thiophene rings is 1. The van der Waals surface area contributed by atoms with E-state index in [0.717, 1.165) is 36.0 Å². The smallest absolute Gasteiger partial charge is 0.256 e. The largest absolute Gasteiger partial charge is 0.312 e. The van der Waals surface area contributed by atoms with Gasteiger partial charge in [-0.15, -0.1) is 11.3 Å². The molecule has 0 fully saturated rings. The fraction of sp³-hybridized carbons (Fsp3) is 0.294. The zero-order valence-electron chi connectivity index (χ0n) is 12.1. The molecule has 0 saturated heterocycles. The number of anilines is 1. The topological polar surface area (TPSA) is 52.9 Å². The number of benzene rings is 1. The maximum Gasteiger partial charge on any atom is 0.256 e. The summed E-state index contributed by atoms with van der Waals surface area (Å²) in [5.41, 5.74) is 4.57. The average molecular weight is 296 g/mol. The number of nitrogens with one attached hydrogen (secondary N) is 1. The van der Waals surface area contributed by atoms with Crippen LogP contribution in [0.15, 0.2) is 18.2 Å². The zero-order valence-corrected chi connectivity index (χ0v) is 12.9. The number of carbonyl (C=O) groups is 1. The number of carbonyl (C=O) groups excluding carboxylic acids is 1. The average Bonchev–Trinajstić information content (AvgIpc) is 2.97. The van der Waals surface area contributed by atoms with Crippen LogP contribution in [0, 0.1) is 25.2 Å². The lowest BCUT2D eigenvalue weighted by molar-refractivity contribution is 0.102.